The topological polar surface area (TPSA) is 29.1 Å². The van der Waals surface area contributed by atoms with Crippen LogP contribution in [0.3, 0.4) is 0 Å². The van der Waals surface area contributed by atoms with E-state index < -0.39 is 0 Å². The van der Waals surface area contributed by atoms with Crippen LogP contribution in [0.1, 0.15) is 56.2 Å². The molecule has 178 valence electrons. The molecule has 0 saturated heterocycles. The molecule has 1 amide bonds. The average Bonchev–Trinajstić information content (AvgIpc) is 2.85. The largest absolute Gasteiger partial charge is 0.321 e. The van der Waals surface area contributed by atoms with Crippen LogP contribution in [0.2, 0.25) is 0 Å². The summed E-state index contributed by atoms with van der Waals surface area (Å²) in [5.74, 6) is -0.0841. The van der Waals surface area contributed by atoms with Gasteiger partial charge in [0.1, 0.15) is 0 Å². The number of carbonyl (C=O) groups excluding carboxylic acids is 1. The SMILES string of the molecule is CCc1c(C)c(NC(=O)c2ccccc2)c(-c2ccc(C)c(C)c2)c(C)c1-c1ccc(C)c(C)c1. The standard InChI is InChI=1S/C33H35NO/c1-8-29-24(6)32(34-33(35)26-12-10-9-11-13-26)31(28-17-15-21(3)23(5)19-28)25(7)30(29)27-16-14-20(2)22(4)18-27/h9-19H,8H2,1-7H3,(H,34,35). The normalized spacial score (nSPS) is 10.9. The van der Waals surface area contributed by atoms with E-state index in [0.717, 1.165) is 28.8 Å². The average molecular weight is 462 g/mol. The smallest absolute Gasteiger partial charge is 0.255 e. The van der Waals surface area contributed by atoms with Crippen LogP contribution in [-0.2, 0) is 6.42 Å². The van der Waals surface area contributed by atoms with Crippen LogP contribution < -0.4 is 5.32 Å². The Balaban J connectivity index is 2.02. The van der Waals surface area contributed by atoms with Crippen molar-refractivity contribution in [1.82, 2.24) is 0 Å². The number of nitrogens with one attached hydrogen (secondary N) is 1. The number of hydrogen-bond donors (Lipinski definition) is 1. The highest BCUT2D eigenvalue weighted by Crippen LogP contribution is 2.44. The molecule has 1 N–H and O–H groups in total. The highest BCUT2D eigenvalue weighted by molar-refractivity contribution is 6.08. The second kappa shape index (κ2) is 9.92. The van der Waals surface area contributed by atoms with Gasteiger partial charge in [-0.3, -0.25) is 4.79 Å². The van der Waals surface area contributed by atoms with Crippen LogP contribution >= 0.6 is 0 Å². The number of rotatable bonds is 5. The molecule has 0 aromatic heterocycles. The minimum absolute atomic E-state index is 0.0841. The van der Waals surface area contributed by atoms with Gasteiger partial charge in [0.2, 0.25) is 0 Å². The predicted molar refractivity (Wildman–Crippen MR) is 150 cm³/mol. The van der Waals surface area contributed by atoms with Gasteiger partial charge in [-0.25, -0.2) is 0 Å². The first-order valence-electron chi connectivity index (χ1n) is 12.4. The maximum atomic E-state index is 13.3. The van der Waals surface area contributed by atoms with Crippen molar-refractivity contribution in [3.63, 3.8) is 0 Å². The molecule has 0 saturated carbocycles. The minimum atomic E-state index is -0.0841. The van der Waals surface area contributed by atoms with Gasteiger partial charge in [0.15, 0.2) is 0 Å². The van der Waals surface area contributed by atoms with E-state index in [2.05, 4.69) is 90.2 Å². The lowest BCUT2D eigenvalue weighted by Gasteiger charge is -2.25. The van der Waals surface area contributed by atoms with Gasteiger partial charge in [-0.1, -0.05) is 61.5 Å². The van der Waals surface area contributed by atoms with Gasteiger partial charge in [-0.2, -0.15) is 0 Å². The first kappa shape index (κ1) is 24.5. The summed E-state index contributed by atoms with van der Waals surface area (Å²) in [6, 6.07) is 22.8. The van der Waals surface area contributed by atoms with E-state index in [0.29, 0.717) is 5.56 Å². The number of amides is 1. The van der Waals surface area contributed by atoms with Crippen molar-refractivity contribution < 1.29 is 4.79 Å². The van der Waals surface area contributed by atoms with Crippen molar-refractivity contribution in [2.75, 3.05) is 5.32 Å². The van der Waals surface area contributed by atoms with E-state index in [4.69, 9.17) is 0 Å². The van der Waals surface area contributed by atoms with Gasteiger partial charge < -0.3 is 5.32 Å². The van der Waals surface area contributed by atoms with E-state index >= 15 is 0 Å². The maximum Gasteiger partial charge on any atom is 0.255 e. The Hall–Kier alpha value is -3.65. The predicted octanol–water partition coefficient (Wildman–Crippen LogP) is 8.69. The van der Waals surface area contributed by atoms with Crippen LogP contribution in [0.5, 0.6) is 0 Å². The van der Waals surface area contributed by atoms with E-state index in [1.807, 2.05) is 30.3 Å². The van der Waals surface area contributed by atoms with Crippen LogP contribution in [0.25, 0.3) is 22.3 Å². The minimum Gasteiger partial charge on any atom is -0.321 e. The maximum absolute atomic E-state index is 13.3. The summed E-state index contributed by atoms with van der Waals surface area (Å²) < 4.78 is 0. The van der Waals surface area contributed by atoms with Crippen LogP contribution in [0.4, 0.5) is 5.69 Å². The number of carbonyl (C=O) groups is 1. The van der Waals surface area contributed by atoms with Crippen molar-refractivity contribution in [3.05, 3.63) is 111 Å². The molecule has 0 atom stereocenters. The zero-order valence-corrected chi connectivity index (χ0v) is 22.0. The summed E-state index contributed by atoms with van der Waals surface area (Å²) >= 11 is 0. The molecule has 0 fully saturated rings. The molecule has 4 aromatic rings. The fraction of sp³-hybridized carbons (Fsp3) is 0.242. The van der Waals surface area contributed by atoms with E-state index in [1.165, 1.54) is 44.5 Å². The molecule has 0 spiro atoms. The van der Waals surface area contributed by atoms with Crippen molar-refractivity contribution in [2.24, 2.45) is 0 Å². The van der Waals surface area contributed by atoms with Gasteiger partial charge in [0.25, 0.3) is 5.91 Å². The number of anilines is 1. The third-order valence-corrected chi connectivity index (χ3v) is 7.35. The van der Waals surface area contributed by atoms with Gasteiger partial charge in [0.05, 0.1) is 5.69 Å². The molecule has 0 bridgehead atoms. The first-order chi connectivity index (χ1) is 16.7. The summed E-state index contributed by atoms with van der Waals surface area (Å²) in [5.41, 5.74) is 15.0. The molecule has 2 nitrogen and oxygen atoms in total. The second-order valence-corrected chi connectivity index (χ2v) is 9.63. The molecule has 35 heavy (non-hydrogen) atoms. The molecular weight excluding hydrogens is 426 g/mol. The molecule has 0 unspecified atom stereocenters. The van der Waals surface area contributed by atoms with Crippen LogP contribution in [0.15, 0.2) is 66.7 Å². The zero-order chi connectivity index (χ0) is 25.3. The van der Waals surface area contributed by atoms with Gasteiger partial charge in [0, 0.05) is 11.1 Å². The third-order valence-electron chi connectivity index (χ3n) is 7.35. The molecule has 0 aliphatic heterocycles. The summed E-state index contributed by atoms with van der Waals surface area (Å²) in [4.78, 5) is 13.3. The fourth-order valence-electron chi connectivity index (χ4n) is 4.98. The van der Waals surface area contributed by atoms with E-state index in [1.54, 1.807) is 0 Å². The lowest BCUT2D eigenvalue weighted by Crippen LogP contribution is -2.15. The summed E-state index contributed by atoms with van der Waals surface area (Å²) in [7, 11) is 0. The molecular formula is C33H35NO. The number of hydrogen-bond acceptors (Lipinski definition) is 1. The molecule has 4 aromatic carbocycles. The monoisotopic (exact) mass is 461 g/mol. The Kier molecular flexibility index (Phi) is 6.93. The van der Waals surface area contributed by atoms with Crippen molar-refractivity contribution >= 4 is 11.6 Å². The lowest BCUT2D eigenvalue weighted by atomic mass is 9.82. The second-order valence-electron chi connectivity index (χ2n) is 9.63. The molecule has 0 heterocycles. The third kappa shape index (κ3) is 4.66. The van der Waals surface area contributed by atoms with Crippen molar-refractivity contribution in [2.45, 2.75) is 54.9 Å². The highest BCUT2D eigenvalue weighted by Gasteiger charge is 2.23. The van der Waals surface area contributed by atoms with Gasteiger partial charge in [-0.15, -0.1) is 0 Å². The summed E-state index contributed by atoms with van der Waals surface area (Å²) in [6.45, 7) is 15.2. The molecule has 0 aliphatic rings. The lowest BCUT2D eigenvalue weighted by molar-refractivity contribution is 0.102. The quantitative estimate of drug-likeness (QED) is 0.316. The number of benzene rings is 4. The Labute approximate surface area is 210 Å². The van der Waals surface area contributed by atoms with Gasteiger partial charge in [-0.05, 0) is 116 Å². The van der Waals surface area contributed by atoms with E-state index in [9.17, 15) is 4.79 Å². The Morgan fingerprint density at radius 2 is 1.20 bits per heavy atom. The van der Waals surface area contributed by atoms with Gasteiger partial charge >= 0.3 is 0 Å². The van der Waals surface area contributed by atoms with Crippen molar-refractivity contribution in [3.8, 4) is 22.3 Å². The van der Waals surface area contributed by atoms with E-state index in [-0.39, 0.29) is 5.91 Å². The molecule has 0 radical (unpaired) electrons. The first-order valence-corrected chi connectivity index (χ1v) is 12.4. The van der Waals surface area contributed by atoms with Crippen LogP contribution in [0, 0.1) is 41.5 Å². The number of aryl methyl sites for hydroxylation is 4. The summed E-state index contributed by atoms with van der Waals surface area (Å²) in [5, 5.41) is 3.30. The Morgan fingerprint density at radius 3 is 1.71 bits per heavy atom. The Morgan fingerprint density at radius 1 is 0.657 bits per heavy atom. The van der Waals surface area contributed by atoms with Crippen LogP contribution in [-0.4, -0.2) is 5.91 Å². The molecule has 0 aliphatic carbocycles. The highest BCUT2D eigenvalue weighted by atomic mass is 16.1. The molecule has 2 heteroatoms. The summed E-state index contributed by atoms with van der Waals surface area (Å²) in [6.07, 6.45) is 0.885. The fourth-order valence-corrected chi connectivity index (χ4v) is 4.98. The molecule has 4 rings (SSSR count). The Bertz CT molecular complexity index is 1410. The van der Waals surface area contributed by atoms with Crippen molar-refractivity contribution in [1.29, 1.82) is 0 Å². The zero-order valence-electron chi connectivity index (χ0n) is 22.0.